The number of anilines is 5. The topological polar surface area (TPSA) is 170 Å². The lowest BCUT2D eigenvalue weighted by molar-refractivity contribution is 0.0485. The maximum absolute atomic E-state index is 13.4. The number of benzene rings is 3. The molecule has 2 amide bonds. The van der Waals surface area contributed by atoms with Gasteiger partial charge in [-0.2, -0.15) is 15.0 Å². The van der Waals surface area contributed by atoms with Gasteiger partial charge in [0.05, 0.1) is 46.2 Å². The molecule has 0 aliphatic rings. The molecule has 0 bridgehead atoms. The Bertz CT molecular complexity index is 1600. The molecule has 51 heavy (non-hydrogen) atoms. The summed E-state index contributed by atoms with van der Waals surface area (Å²) in [7, 11) is 0. The SMILES string of the molecule is CCCOCCOCCNC(=O)c1ccc(Nc2nc(NCCOCCOCCNC(=O)c3ccccc3)nc(Nc3ccc(F)cc3)n2)cc1. The van der Waals surface area contributed by atoms with E-state index < -0.39 is 0 Å². The molecular formula is C36H45FN8O6. The third kappa shape index (κ3) is 15.1. The fraction of sp³-hybridized carbons (Fsp3) is 0.361. The summed E-state index contributed by atoms with van der Waals surface area (Å²) in [6, 6.07) is 21.7. The van der Waals surface area contributed by atoms with Gasteiger partial charge in [-0.3, -0.25) is 9.59 Å². The number of amides is 2. The summed E-state index contributed by atoms with van der Waals surface area (Å²) in [5, 5.41) is 15.0. The Labute approximate surface area is 296 Å². The highest BCUT2D eigenvalue weighted by Gasteiger charge is 2.10. The number of hydrogen-bond donors (Lipinski definition) is 5. The standard InChI is InChI=1S/C36H45FN8O6/c1-2-19-48-23-24-49-21-17-39-33(47)28-8-12-30(13-9-28)41-35-43-34(44-36(45-35)42-31-14-10-29(37)11-15-31)40-18-22-51-26-25-50-20-16-38-32(46)27-6-4-3-5-7-27/h3-15H,2,16-26H2,1H3,(H,38,46)(H,39,47)(H3,40,41,42,43,44,45). The Balaban J connectivity index is 1.21. The molecule has 14 nitrogen and oxygen atoms in total. The number of hydrogen-bond acceptors (Lipinski definition) is 12. The maximum Gasteiger partial charge on any atom is 0.251 e. The third-order valence-electron chi connectivity index (χ3n) is 6.86. The average Bonchev–Trinajstić information content (AvgIpc) is 3.15. The van der Waals surface area contributed by atoms with Crippen LogP contribution >= 0.6 is 0 Å². The summed E-state index contributed by atoms with van der Waals surface area (Å²) in [4.78, 5) is 38.0. The molecule has 0 saturated carbocycles. The van der Waals surface area contributed by atoms with E-state index >= 15 is 0 Å². The minimum atomic E-state index is -0.362. The van der Waals surface area contributed by atoms with Crippen LogP contribution in [0.5, 0.6) is 0 Å². The van der Waals surface area contributed by atoms with E-state index in [9.17, 15) is 14.0 Å². The van der Waals surface area contributed by atoms with Crippen molar-refractivity contribution >= 4 is 41.0 Å². The summed E-state index contributed by atoms with van der Waals surface area (Å²) < 4.78 is 35.5. The molecule has 0 saturated heterocycles. The second-order valence-electron chi connectivity index (χ2n) is 10.9. The summed E-state index contributed by atoms with van der Waals surface area (Å²) in [5.41, 5.74) is 2.33. The fourth-order valence-electron chi connectivity index (χ4n) is 4.35. The highest BCUT2D eigenvalue weighted by molar-refractivity contribution is 5.94. The molecule has 3 aromatic carbocycles. The van der Waals surface area contributed by atoms with Gasteiger partial charge in [-0.1, -0.05) is 25.1 Å². The summed E-state index contributed by atoms with van der Waals surface area (Å²) in [6.45, 7) is 6.79. The molecule has 5 N–H and O–H groups in total. The van der Waals surface area contributed by atoms with Crippen molar-refractivity contribution in [3.05, 3.63) is 95.8 Å². The van der Waals surface area contributed by atoms with Gasteiger partial charge in [0, 0.05) is 48.7 Å². The molecule has 4 rings (SSSR count). The van der Waals surface area contributed by atoms with Crippen molar-refractivity contribution in [1.29, 1.82) is 0 Å². The van der Waals surface area contributed by atoms with E-state index in [0.717, 1.165) is 6.42 Å². The van der Waals surface area contributed by atoms with Crippen LogP contribution in [0.15, 0.2) is 78.9 Å². The van der Waals surface area contributed by atoms with Crippen molar-refractivity contribution < 1.29 is 32.9 Å². The van der Waals surface area contributed by atoms with Crippen LogP contribution in [0.2, 0.25) is 0 Å². The summed E-state index contributed by atoms with van der Waals surface area (Å²) >= 11 is 0. The van der Waals surface area contributed by atoms with Crippen molar-refractivity contribution in [2.24, 2.45) is 0 Å². The minimum absolute atomic E-state index is 0.144. The van der Waals surface area contributed by atoms with Gasteiger partial charge < -0.3 is 45.5 Å². The van der Waals surface area contributed by atoms with Crippen LogP contribution in [0.1, 0.15) is 34.1 Å². The zero-order chi connectivity index (χ0) is 35.9. The molecule has 1 aromatic heterocycles. The molecule has 0 spiro atoms. The number of ether oxygens (including phenoxy) is 4. The molecule has 0 atom stereocenters. The van der Waals surface area contributed by atoms with Gasteiger partial charge in [0.15, 0.2) is 0 Å². The zero-order valence-electron chi connectivity index (χ0n) is 28.7. The lowest BCUT2D eigenvalue weighted by atomic mass is 10.2. The molecule has 0 aliphatic carbocycles. The monoisotopic (exact) mass is 704 g/mol. The predicted octanol–water partition coefficient (Wildman–Crippen LogP) is 4.55. The average molecular weight is 705 g/mol. The van der Waals surface area contributed by atoms with E-state index in [1.54, 1.807) is 48.5 Å². The normalized spacial score (nSPS) is 10.8. The van der Waals surface area contributed by atoms with Crippen LogP contribution in [0.3, 0.4) is 0 Å². The minimum Gasteiger partial charge on any atom is -0.379 e. The van der Waals surface area contributed by atoms with Gasteiger partial charge in [-0.25, -0.2) is 4.39 Å². The van der Waals surface area contributed by atoms with E-state index in [4.69, 9.17) is 18.9 Å². The smallest absolute Gasteiger partial charge is 0.251 e. The van der Waals surface area contributed by atoms with Crippen molar-refractivity contribution in [1.82, 2.24) is 25.6 Å². The second-order valence-corrected chi connectivity index (χ2v) is 10.9. The van der Waals surface area contributed by atoms with Gasteiger partial charge >= 0.3 is 0 Å². The first-order valence-corrected chi connectivity index (χ1v) is 16.8. The first-order chi connectivity index (χ1) is 25.0. The van der Waals surface area contributed by atoms with Gasteiger partial charge in [0.1, 0.15) is 5.82 Å². The van der Waals surface area contributed by atoms with Crippen molar-refractivity contribution in [2.45, 2.75) is 13.3 Å². The molecule has 0 radical (unpaired) electrons. The molecular weight excluding hydrogens is 659 g/mol. The Morgan fingerprint density at radius 1 is 0.549 bits per heavy atom. The van der Waals surface area contributed by atoms with Crippen LogP contribution in [-0.4, -0.2) is 99.3 Å². The van der Waals surface area contributed by atoms with Crippen LogP contribution in [0.25, 0.3) is 0 Å². The van der Waals surface area contributed by atoms with Crippen molar-refractivity contribution in [3.8, 4) is 0 Å². The van der Waals surface area contributed by atoms with Crippen LogP contribution in [-0.2, 0) is 18.9 Å². The Morgan fingerprint density at radius 3 is 1.53 bits per heavy atom. The number of halogens is 1. The highest BCUT2D eigenvalue weighted by atomic mass is 19.1. The molecule has 0 unspecified atom stereocenters. The molecule has 0 aliphatic heterocycles. The van der Waals surface area contributed by atoms with Crippen LogP contribution in [0.4, 0.5) is 33.6 Å². The molecule has 0 fully saturated rings. The summed E-state index contributed by atoms with van der Waals surface area (Å²) in [6.07, 6.45) is 0.963. The molecule has 15 heteroatoms. The Kier molecular flexibility index (Phi) is 17.0. The van der Waals surface area contributed by atoms with Crippen molar-refractivity contribution in [2.75, 3.05) is 88.4 Å². The Hall–Kier alpha value is -5.22. The highest BCUT2D eigenvalue weighted by Crippen LogP contribution is 2.19. The number of aromatic nitrogens is 3. The van der Waals surface area contributed by atoms with E-state index in [1.165, 1.54) is 12.1 Å². The van der Waals surface area contributed by atoms with E-state index in [0.29, 0.717) is 95.0 Å². The molecule has 4 aromatic rings. The largest absolute Gasteiger partial charge is 0.379 e. The number of carbonyl (C=O) groups excluding carboxylic acids is 2. The van der Waals surface area contributed by atoms with E-state index in [2.05, 4.69) is 41.5 Å². The number of nitrogens with zero attached hydrogens (tertiary/aromatic N) is 3. The molecule has 272 valence electrons. The quantitative estimate of drug-likeness (QED) is 0.0647. The first-order valence-electron chi connectivity index (χ1n) is 16.8. The number of nitrogens with one attached hydrogen (secondary N) is 5. The number of carbonyl (C=O) groups is 2. The van der Waals surface area contributed by atoms with Crippen molar-refractivity contribution in [3.63, 3.8) is 0 Å². The van der Waals surface area contributed by atoms with Crippen LogP contribution in [0, 0.1) is 5.82 Å². The van der Waals surface area contributed by atoms with Crippen LogP contribution < -0.4 is 26.6 Å². The Morgan fingerprint density at radius 2 is 1.00 bits per heavy atom. The zero-order valence-corrected chi connectivity index (χ0v) is 28.7. The van der Waals surface area contributed by atoms with E-state index in [-0.39, 0.29) is 35.5 Å². The fourth-order valence-corrected chi connectivity index (χ4v) is 4.35. The second kappa shape index (κ2) is 22.5. The maximum atomic E-state index is 13.4. The lowest BCUT2D eigenvalue weighted by Crippen LogP contribution is -2.27. The van der Waals surface area contributed by atoms with Gasteiger partial charge in [-0.05, 0) is 67.1 Å². The predicted molar refractivity (Wildman–Crippen MR) is 192 cm³/mol. The number of rotatable bonds is 24. The van der Waals surface area contributed by atoms with Gasteiger partial charge in [0.2, 0.25) is 17.8 Å². The van der Waals surface area contributed by atoms with Gasteiger partial charge in [-0.15, -0.1) is 0 Å². The van der Waals surface area contributed by atoms with Gasteiger partial charge in [0.25, 0.3) is 11.8 Å². The molecule has 1 heterocycles. The summed E-state index contributed by atoms with van der Waals surface area (Å²) in [5.74, 6) is 0.0224. The van der Waals surface area contributed by atoms with E-state index in [1.807, 2.05) is 25.1 Å². The third-order valence-corrected chi connectivity index (χ3v) is 6.86. The first kappa shape index (κ1) is 38.6. The lowest BCUT2D eigenvalue weighted by Gasteiger charge is -2.12.